The molecule has 0 radical (unpaired) electrons. The molecule has 1 heterocycles. The van der Waals surface area contributed by atoms with Crippen LogP contribution in [0.1, 0.15) is 12.7 Å². The molecule has 0 aliphatic carbocycles. The lowest BCUT2D eigenvalue weighted by atomic mass is 10.2. The second-order valence-electron chi connectivity index (χ2n) is 4.15. The van der Waals surface area contributed by atoms with Crippen molar-refractivity contribution in [3.63, 3.8) is 0 Å². The maximum absolute atomic E-state index is 5.81. The van der Waals surface area contributed by atoms with Crippen LogP contribution >= 0.6 is 0 Å². The third-order valence-corrected chi connectivity index (χ3v) is 2.89. The van der Waals surface area contributed by atoms with Gasteiger partial charge in [-0.05, 0) is 12.1 Å². The fourth-order valence-electron chi connectivity index (χ4n) is 1.86. The first kappa shape index (κ1) is 13.1. The van der Waals surface area contributed by atoms with E-state index in [0.29, 0.717) is 5.82 Å². The number of hydrogen-bond donors (Lipinski definition) is 1. The molecular weight excluding hydrogens is 240 g/mol. The number of nitrogens with zero attached hydrogens (tertiary/aromatic N) is 3. The molecule has 0 unspecified atom stereocenters. The van der Waals surface area contributed by atoms with E-state index < -0.39 is 0 Å². The van der Waals surface area contributed by atoms with Gasteiger partial charge in [0, 0.05) is 19.5 Å². The van der Waals surface area contributed by atoms with Gasteiger partial charge in [0.25, 0.3) is 0 Å². The minimum Gasteiger partial charge on any atom is -0.495 e. The molecule has 0 bridgehead atoms. The Kier molecular flexibility index (Phi) is 3.85. The molecule has 0 amide bonds. The van der Waals surface area contributed by atoms with Gasteiger partial charge < -0.3 is 15.4 Å². The van der Waals surface area contributed by atoms with Gasteiger partial charge in [0.1, 0.15) is 23.2 Å². The molecule has 0 saturated carbocycles. The molecular formula is C14H18N4O. The van der Waals surface area contributed by atoms with Crippen molar-refractivity contribution in [2.45, 2.75) is 13.3 Å². The molecule has 1 aromatic carbocycles. The van der Waals surface area contributed by atoms with Crippen molar-refractivity contribution >= 4 is 17.3 Å². The first-order valence-electron chi connectivity index (χ1n) is 6.16. The minimum absolute atomic E-state index is 0.476. The maximum Gasteiger partial charge on any atom is 0.142 e. The smallest absolute Gasteiger partial charge is 0.142 e. The number of nitrogen functional groups attached to an aromatic ring is 1. The van der Waals surface area contributed by atoms with Crippen molar-refractivity contribution in [3.8, 4) is 5.75 Å². The van der Waals surface area contributed by atoms with E-state index in [4.69, 9.17) is 10.5 Å². The zero-order chi connectivity index (χ0) is 13.8. The predicted octanol–water partition coefficient (Wildman–Crippen LogP) is 2.40. The van der Waals surface area contributed by atoms with Crippen LogP contribution in [-0.2, 0) is 6.42 Å². The SMILES string of the molecule is CCc1nc(N)cc(N(C)c2ccccc2OC)n1. The number of methoxy groups -OCH3 is 1. The van der Waals surface area contributed by atoms with Crippen LogP contribution < -0.4 is 15.4 Å². The molecule has 5 nitrogen and oxygen atoms in total. The molecule has 0 aliphatic rings. The van der Waals surface area contributed by atoms with Gasteiger partial charge in [-0.25, -0.2) is 9.97 Å². The Morgan fingerprint density at radius 1 is 1.26 bits per heavy atom. The number of para-hydroxylation sites is 2. The van der Waals surface area contributed by atoms with E-state index in [1.165, 1.54) is 0 Å². The quantitative estimate of drug-likeness (QED) is 0.912. The van der Waals surface area contributed by atoms with Crippen LogP contribution in [0.3, 0.4) is 0 Å². The lowest BCUT2D eigenvalue weighted by molar-refractivity contribution is 0.415. The Bertz CT molecular complexity index is 571. The normalized spacial score (nSPS) is 10.3. The van der Waals surface area contributed by atoms with Crippen molar-refractivity contribution in [1.29, 1.82) is 0 Å². The summed E-state index contributed by atoms with van der Waals surface area (Å²) < 4.78 is 5.36. The summed E-state index contributed by atoms with van der Waals surface area (Å²) in [6, 6.07) is 9.53. The highest BCUT2D eigenvalue weighted by Crippen LogP contribution is 2.31. The van der Waals surface area contributed by atoms with Gasteiger partial charge in [-0.15, -0.1) is 0 Å². The molecule has 1 aromatic heterocycles. The zero-order valence-corrected chi connectivity index (χ0v) is 11.4. The van der Waals surface area contributed by atoms with Crippen LogP contribution in [-0.4, -0.2) is 24.1 Å². The molecule has 2 rings (SSSR count). The summed E-state index contributed by atoms with van der Waals surface area (Å²) in [5, 5.41) is 0. The number of hydrogen-bond acceptors (Lipinski definition) is 5. The summed E-state index contributed by atoms with van der Waals surface area (Å²) in [6.07, 6.45) is 0.748. The van der Waals surface area contributed by atoms with Crippen molar-refractivity contribution in [1.82, 2.24) is 9.97 Å². The third kappa shape index (κ3) is 2.76. The molecule has 0 saturated heterocycles. The predicted molar refractivity (Wildman–Crippen MR) is 76.9 cm³/mol. The van der Waals surface area contributed by atoms with Gasteiger partial charge in [0.2, 0.25) is 0 Å². The van der Waals surface area contributed by atoms with Crippen LogP contribution in [0.4, 0.5) is 17.3 Å². The first-order chi connectivity index (χ1) is 9.15. The van der Waals surface area contributed by atoms with E-state index in [1.807, 2.05) is 43.1 Å². The summed E-state index contributed by atoms with van der Waals surface area (Å²) in [5.41, 5.74) is 6.75. The number of nitrogens with two attached hydrogens (primary N) is 1. The van der Waals surface area contributed by atoms with E-state index in [0.717, 1.165) is 29.5 Å². The summed E-state index contributed by atoms with van der Waals surface area (Å²) in [7, 11) is 3.58. The molecule has 5 heteroatoms. The van der Waals surface area contributed by atoms with Crippen molar-refractivity contribution in [3.05, 3.63) is 36.2 Å². The van der Waals surface area contributed by atoms with Gasteiger partial charge in [0.05, 0.1) is 12.8 Å². The van der Waals surface area contributed by atoms with E-state index in [2.05, 4.69) is 9.97 Å². The molecule has 0 atom stereocenters. The fraction of sp³-hybridized carbons (Fsp3) is 0.286. The maximum atomic E-state index is 5.81. The van der Waals surface area contributed by atoms with E-state index in [9.17, 15) is 0 Å². The minimum atomic E-state index is 0.476. The standard InChI is InChI=1S/C14H18N4O/c1-4-13-16-12(15)9-14(17-13)18(2)10-7-5-6-8-11(10)19-3/h5-9H,4H2,1-3H3,(H2,15,16,17). The molecule has 2 N–H and O–H groups in total. The summed E-state index contributed by atoms with van der Waals surface area (Å²) in [6.45, 7) is 2.00. The number of rotatable bonds is 4. The van der Waals surface area contributed by atoms with E-state index >= 15 is 0 Å². The highest BCUT2D eigenvalue weighted by Gasteiger charge is 2.12. The van der Waals surface area contributed by atoms with Crippen LogP contribution in [0.5, 0.6) is 5.75 Å². The average molecular weight is 258 g/mol. The summed E-state index contributed by atoms with van der Waals surface area (Å²) >= 11 is 0. The molecule has 2 aromatic rings. The lowest BCUT2D eigenvalue weighted by Crippen LogP contribution is -2.14. The second-order valence-corrected chi connectivity index (χ2v) is 4.15. The van der Waals surface area contributed by atoms with Crippen molar-refractivity contribution in [2.24, 2.45) is 0 Å². The molecule has 0 aliphatic heterocycles. The topological polar surface area (TPSA) is 64.3 Å². The second kappa shape index (κ2) is 5.56. The number of aryl methyl sites for hydroxylation is 1. The van der Waals surface area contributed by atoms with Crippen LogP contribution in [0.2, 0.25) is 0 Å². The fourth-order valence-corrected chi connectivity index (χ4v) is 1.86. The van der Waals surface area contributed by atoms with Crippen LogP contribution in [0.15, 0.2) is 30.3 Å². The van der Waals surface area contributed by atoms with Gasteiger partial charge in [-0.3, -0.25) is 0 Å². The summed E-state index contributed by atoms with van der Waals surface area (Å²) in [4.78, 5) is 10.6. The molecule has 0 spiro atoms. The number of benzene rings is 1. The van der Waals surface area contributed by atoms with Crippen LogP contribution in [0.25, 0.3) is 0 Å². The number of anilines is 3. The highest BCUT2D eigenvalue weighted by molar-refractivity contribution is 5.67. The largest absolute Gasteiger partial charge is 0.495 e. The van der Waals surface area contributed by atoms with Gasteiger partial charge in [-0.1, -0.05) is 19.1 Å². The van der Waals surface area contributed by atoms with E-state index in [-0.39, 0.29) is 0 Å². The third-order valence-electron chi connectivity index (χ3n) is 2.89. The molecule has 0 fully saturated rings. The Hall–Kier alpha value is -2.30. The Balaban J connectivity index is 2.43. The highest BCUT2D eigenvalue weighted by atomic mass is 16.5. The Labute approximate surface area is 113 Å². The van der Waals surface area contributed by atoms with Crippen molar-refractivity contribution in [2.75, 3.05) is 24.8 Å². The lowest BCUT2D eigenvalue weighted by Gasteiger charge is -2.21. The van der Waals surface area contributed by atoms with Crippen LogP contribution in [0, 0.1) is 0 Å². The number of aromatic nitrogens is 2. The van der Waals surface area contributed by atoms with Gasteiger partial charge in [0.15, 0.2) is 0 Å². The van der Waals surface area contributed by atoms with Crippen molar-refractivity contribution < 1.29 is 4.74 Å². The molecule has 100 valence electrons. The zero-order valence-electron chi connectivity index (χ0n) is 11.4. The Morgan fingerprint density at radius 2 is 2.00 bits per heavy atom. The summed E-state index contributed by atoms with van der Waals surface area (Å²) in [5.74, 6) is 2.76. The van der Waals surface area contributed by atoms with Gasteiger partial charge >= 0.3 is 0 Å². The average Bonchev–Trinajstić information content (AvgIpc) is 2.45. The Morgan fingerprint density at radius 3 is 2.68 bits per heavy atom. The number of ether oxygens (including phenoxy) is 1. The first-order valence-corrected chi connectivity index (χ1v) is 6.16. The van der Waals surface area contributed by atoms with E-state index in [1.54, 1.807) is 13.2 Å². The monoisotopic (exact) mass is 258 g/mol. The van der Waals surface area contributed by atoms with Gasteiger partial charge in [-0.2, -0.15) is 0 Å². The molecule has 19 heavy (non-hydrogen) atoms.